The molecule has 0 unspecified atom stereocenters. The summed E-state index contributed by atoms with van der Waals surface area (Å²) < 4.78 is 5.21. The predicted octanol–water partition coefficient (Wildman–Crippen LogP) is 4.41. The molecule has 0 fully saturated rings. The van der Waals surface area contributed by atoms with Crippen molar-refractivity contribution in [2.24, 2.45) is 4.99 Å². The lowest BCUT2D eigenvalue weighted by Crippen LogP contribution is -2.05. The molecule has 0 radical (unpaired) electrons. The Bertz CT molecular complexity index is 782. The van der Waals surface area contributed by atoms with Crippen molar-refractivity contribution < 1.29 is 9.53 Å². The van der Waals surface area contributed by atoms with Crippen molar-refractivity contribution in [1.29, 1.82) is 0 Å². The van der Waals surface area contributed by atoms with Crippen LogP contribution in [0, 0.1) is 0 Å². The Morgan fingerprint density at radius 3 is 2.55 bits per heavy atom. The third-order valence-corrected chi connectivity index (χ3v) is 4.22. The molecule has 3 nitrogen and oxygen atoms in total. The van der Waals surface area contributed by atoms with E-state index in [4.69, 9.17) is 16.3 Å². The number of nitrogens with zero attached hydrogens (tertiary/aromatic N) is 1. The Morgan fingerprint density at radius 2 is 1.86 bits per heavy atom. The minimum atomic E-state index is -0.469. The normalized spacial score (nSPS) is 15.8. The topological polar surface area (TPSA) is 38.7 Å². The van der Waals surface area contributed by atoms with E-state index in [1.807, 2.05) is 42.7 Å². The van der Waals surface area contributed by atoms with Crippen LogP contribution in [0.25, 0.3) is 6.08 Å². The Labute approximate surface area is 137 Å². The Morgan fingerprint density at radius 1 is 1.14 bits per heavy atom. The van der Waals surface area contributed by atoms with Crippen LogP contribution >= 0.6 is 23.4 Å². The number of carbonyl (C=O) groups excluding carboxylic acids is 1. The molecule has 0 aromatic heterocycles. The molecule has 110 valence electrons. The van der Waals surface area contributed by atoms with Crippen molar-refractivity contribution in [2.45, 2.75) is 4.90 Å². The standard InChI is InChI=1S/C17H12ClNO2S/c1-22-12-8-6-11(7-9-12)10-15-17(20)21-16(19-15)13-4-2-3-5-14(13)18/h2-10H,1H3. The van der Waals surface area contributed by atoms with Crippen LogP contribution in [0.1, 0.15) is 11.1 Å². The highest BCUT2D eigenvalue weighted by Gasteiger charge is 2.25. The van der Waals surface area contributed by atoms with Crippen molar-refractivity contribution in [3.05, 3.63) is 70.4 Å². The highest BCUT2D eigenvalue weighted by atomic mass is 35.5. The van der Waals surface area contributed by atoms with Gasteiger partial charge >= 0.3 is 5.97 Å². The number of cyclic esters (lactones) is 1. The molecule has 0 bridgehead atoms. The van der Waals surface area contributed by atoms with Crippen LogP contribution in [-0.2, 0) is 9.53 Å². The van der Waals surface area contributed by atoms with Crippen LogP contribution < -0.4 is 0 Å². The average molecular weight is 330 g/mol. The van der Waals surface area contributed by atoms with Gasteiger partial charge in [-0.1, -0.05) is 35.9 Å². The Hall–Kier alpha value is -2.04. The highest BCUT2D eigenvalue weighted by molar-refractivity contribution is 7.98. The first-order valence-corrected chi connectivity index (χ1v) is 8.19. The minimum Gasteiger partial charge on any atom is -0.402 e. The van der Waals surface area contributed by atoms with Crippen LogP contribution in [0.3, 0.4) is 0 Å². The van der Waals surface area contributed by atoms with Crippen LogP contribution in [0.2, 0.25) is 5.02 Å². The first kappa shape index (κ1) is 14.9. The number of hydrogen-bond donors (Lipinski definition) is 0. The number of thioether (sulfide) groups is 1. The number of hydrogen-bond acceptors (Lipinski definition) is 4. The zero-order valence-corrected chi connectivity index (χ0v) is 13.3. The minimum absolute atomic E-state index is 0.239. The van der Waals surface area contributed by atoms with Crippen LogP contribution in [0.15, 0.2) is 64.1 Å². The zero-order valence-electron chi connectivity index (χ0n) is 11.7. The van der Waals surface area contributed by atoms with E-state index in [2.05, 4.69) is 4.99 Å². The smallest absolute Gasteiger partial charge is 0.363 e. The van der Waals surface area contributed by atoms with Gasteiger partial charge in [0.25, 0.3) is 0 Å². The second-order valence-corrected chi connectivity index (χ2v) is 5.88. The van der Waals surface area contributed by atoms with E-state index in [0.717, 1.165) is 10.5 Å². The molecular weight excluding hydrogens is 318 g/mol. The molecule has 3 rings (SSSR count). The van der Waals surface area contributed by atoms with Gasteiger partial charge in [-0.2, -0.15) is 0 Å². The lowest BCUT2D eigenvalue weighted by Gasteiger charge is -2.00. The molecule has 1 heterocycles. The van der Waals surface area contributed by atoms with Gasteiger partial charge in [0.2, 0.25) is 5.90 Å². The third kappa shape index (κ3) is 3.08. The zero-order chi connectivity index (χ0) is 15.5. The van der Waals surface area contributed by atoms with Crippen molar-refractivity contribution in [2.75, 3.05) is 6.26 Å². The summed E-state index contributed by atoms with van der Waals surface area (Å²) in [7, 11) is 0. The summed E-state index contributed by atoms with van der Waals surface area (Å²) in [5.74, 6) is -0.230. The van der Waals surface area contributed by atoms with Crippen molar-refractivity contribution in [1.82, 2.24) is 0 Å². The molecule has 1 aliphatic heterocycles. The number of halogens is 1. The molecule has 0 saturated heterocycles. The van der Waals surface area contributed by atoms with Crippen molar-refractivity contribution >= 4 is 41.3 Å². The quantitative estimate of drug-likeness (QED) is 0.476. The van der Waals surface area contributed by atoms with Gasteiger partial charge in [-0.05, 0) is 42.2 Å². The number of aliphatic imine (C=N–C) groups is 1. The first-order valence-electron chi connectivity index (χ1n) is 6.59. The molecule has 0 amide bonds. The average Bonchev–Trinajstić information content (AvgIpc) is 2.89. The van der Waals surface area contributed by atoms with E-state index in [1.165, 1.54) is 0 Å². The molecule has 0 saturated carbocycles. The van der Waals surface area contributed by atoms with Gasteiger partial charge in [0.15, 0.2) is 5.70 Å². The number of benzene rings is 2. The molecule has 22 heavy (non-hydrogen) atoms. The fourth-order valence-corrected chi connectivity index (χ4v) is 2.64. The fourth-order valence-electron chi connectivity index (χ4n) is 2.02. The molecule has 1 aliphatic rings. The first-order chi connectivity index (χ1) is 10.7. The second kappa shape index (κ2) is 6.38. The van der Waals surface area contributed by atoms with Crippen LogP contribution in [0.5, 0.6) is 0 Å². The maximum absolute atomic E-state index is 11.9. The largest absolute Gasteiger partial charge is 0.402 e. The summed E-state index contributed by atoms with van der Waals surface area (Å²) in [5.41, 5.74) is 1.78. The van der Waals surface area contributed by atoms with E-state index in [1.54, 1.807) is 30.0 Å². The van der Waals surface area contributed by atoms with Crippen molar-refractivity contribution in [3.8, 4) is 0 Å². The summed E-state index contributed by atoms with van der Waals surface area (Å²) in [6.07, 6.45) is 3.72. The molecule has 2 aromatic carbocycles. The SMILES string of the molecule is CSc1ccc(C=C2N=C(c3ccccc3Cl)OC2=O)cc1. The van der Waals surface area contributed by atoms with Gasteiger partial charge in [0.05, 0.1) is 10.6 Å². The summed E-state index contributed by atoms with van der Waals surface area (Å²) in [4.78, 5) is 17.4. The van der Waals surface area contributed by atoms with Gasteiger partial charge in [0, 0.05) is 4.90 Å². The summed E-state index contributed by atoms with van der Waals surface area (Å²) in [5, 5.41) is 0.500. The Balaban J connectivity index is 1.92. The summed E-state index contributed by atoms with van der Waals surface area (Å²) >= 11 is 7.76. The van der Waals surface area contributed by atoms with Gasteiger partial charge in [0.1, 0.15) is 0 Å². The van der Waals surface area contributed by atoms with Gasteiger partial charge in [-0.15, -0.1) is 11.8 Å². The maximum atomic E-state index is 11.9. The van der Waals surface area contributed by atoms with E-state index in [-0.39, 0.29) is 11.6 Å². The van der Waals surface area contributed by atoms with Crippen LogP contribution in [-0.4, -0.2) is 18.1 Å². The Kier molecular flexibility index (Phi) is 4.32. The number of rotatable bonds is 3. The third-order valence-electron chi connectivity index (χ3n) is 3.14. The molecule has 2 aromatic rings. The molecular formula is C17H12ClNO2S. The highest BCUT2D eigenvalue weighted by Crippen LogP contribution is 2.24. The maximum Gasteiger partial charge on any atom is 0.363 e. The van der Waals surface area contributed by atoms with E-state index >= 15 is 0 Å². The summed E-state index contributed by atoms with van der Waals surface area (Å²) in [6, 6.07) is 15.0. The molecule has 0 spiro atoms. The monoisotopic (exact) mass is 329 g/mol. The number of carbonyl (C=O) groups is 1. The van der Waals surface area contributed by atoms with Gasteiger partial charge in [-0.25, -0.2) is 9.79 Å². The number of ether oxygens (including phenoxy) is 1. The van der Waals surface area contributed by atoms with Crippen LogP contribution in [0.4, 0.5) is 0 Å². The second-order valence-electron chi connectivity index (χ2n) is 4.59. The van der Waals surface area contributed by atoms with Crippen molar-refractivity contribution in [3.63, 3.8) is 0 Å². The lowest BCUT2D eigenvalue weighted by atomic mass is 10.2. The molecule has 0 atom stereocenters. The van der Waals surface area contributed by atoms with E-state index in [0.29, 0.717) is 10.6 Å². The van der Waals surface area contributed by atoms with Gasteiger partial charge in [-0.3, -0.25) is 0 Å². The molecule has 5 heteroatoms. The predicted molar refractivity (Wildman–Crippen MR) is 90.3 cm³/mol. The summed E-state index contributed by atoms with van der Waals surface area (Å²) in [6.45, 7) is 0. The van der Waals surface area contributed by atoms with Gasteiger partial charge < -0.3 is 4.74 Å². The molecule has 0 aliphatic carbocycles. The lowest BCUT2D eigenvalue weighted by molar-refractivity contribution is -0.129. The fraction of sp³-hybridized carbons (Fsp3) is 0.0588. The number of esters is 1. The van der Waals surface area contributed by atoms with E-state index in [9.17, 15) is 4.79 Å². The molecule has 0 N–H and O–H groups in total. The van der Waals surface area contributed by atoms with E-state index < -0.39 is 5.97 Å².